The molecule has 0 aromatic carbocycles. The van der Waals surface area contributed by atoms with Crippen LogP contribution in [0.5, 0.6) is 0 Å². The lowest BCUT2D eigenvalue weighted by atomic mass is 10.2. The fourth-order valence-corrected chi connectivity index (χ4v) is 1.41. The van der Waals surface area contributed by atoms with E-state index in [9.17, 15) is 4.79 Å². The molecule has 1 rings (SSSR count). The Morgan fingerprint density at radius 2 is 2.18 bits per heavy atom. The first-order chi connectivity index (χ1) is 8.11. The fourth-order valence-electron chi connectivity index (χ4n) is 1.41. The molecule has 0 radical (unpaired) electrons. The SMILES string of the molecule is CNc1nc(C)cc(NCCCCC(N)=O)n1. The highest BCUT2D eigenvalue weighted by Crippen LogP contribution is 2.09. The second-order valence-electron chi connectivity index (χ2n) is 3.82. The summed E-state index contributed by atoms with van der Waals surface area (Å²) in [6.07, 6.45) is 2.12. The number of primary amides is 1. The van der Waals surface area contributed by atoms with E-state index in [0.717, 1.165) is 30.9 Å². The third-order valence-corrected chi connectivity index (χ3v) is 2.23. The summed E-state index contributed by atoms with van der Waals surface area (Å²) in [6.45, 7) is 2.69. The number of nitrogens with one attached hydrogen (secondary N) is 2. The normalized spacial score (nSPS) is 10.0. The third kappa shape index (κ3) is 5.14. The minimum absolute atomic E-state index is 0.250. The van der Waals surface area contributed by atoms with Gasteiger partial charge >= 0.3 is 0 Å². The van der Waals surface area contributed by atoms with E-state index in [4.69, 9.17) is 5.73 Å². The lowest BCUT2D eigenvalue weighted by molar-refractivity contribution is -0.118. The minimum atomic E-state index is -0.250. The molecule has 0 saturated heterocycles. The molecule has 0 spiro atoms. The van der Waals surface area contributed by atoms with Gasteiger partial charge in [0.15, 0.2) is 0 Å². The van der Waals surface area contributed by atoms with Gasteiger partial charge in [-0.3, -0.25) is 4.79 Å². The second kappa shape index (κ2) is 6.67. The topological polar surface area (TPSA) is 92.9 Å². The molecule has 4 N–H and O–H groups in total. The van der Waals surface area contributed by atoms with Gasteiger partial charge in [0, 0.05) is 31.8 Å². The highest BCUT2D eigenvalue weighted by molar-refractivity contribution is 5.73. The number of aryl methyl sites for hydroxylation is 1. The lowest BCUT2D eigenvalue weighted by Gasteiger charge is -2.07. The molecule has 1 amide bonds. The summed E-state index contributed by atoms with van der Waals surface area (Å²) in [5, 5.41) is 6.09. The van der Waals surface area contributed by atoms with Crippen molar-refractivity contribution in [3.63, 3.8) is 0 Å². The number of aromatic nitrogens is 2. The van der Waals surface area contributed by atoms with E-state index in [1.54, 1.807) is 7.05 Å². The molecule has 0 atom stereocenters. The first-order valence-electron chi connectivity index (χ1n) is 5.67. The summed E-state index contributed by atoms with van der Waals surface area (Å²) in [5.41, 5.74) is 5.96. The molecule has 0 saturated carbocycles. The summed E-state index contributed by atoms with van der Waals surface area (Å²) < 4.78 is 0. The van der Waals surface area contributed by atoms with Crippen molar-refractivity contribution in [2.45, 2.75) is 26.2 Å². The number of nitrogens with zero attached hydrogens (tertiary/aromatic N) is 2. The van der Waals surface area contributed by atoms with Crippen LogP contribution in [0.15, 0.2) is 6.07 Å². The maximum atomic E-state index is 10.5. The summed E-state index contributed by atoms with van der Waals surface area (Å²) in [6, 6.07) is 1.88. The Hall–Kier alpha value is -1.85. The van der Waals surface area contributed by atoms with E-state index in [-0.39, 0.29) is 5.91 Å². The van der Waals surface area contributed by atoms with Gasteiger partial charge in [0.2, 0.25) is 11.9 Å². The van der Waals surface area contributed by atoms with Gasteiger partial charge in [-0.1, -0.05) is 0 Å². The Balaban J connectivity index is 2.36. The Bertz CT molecular complexity index is 380. The molecule has 6 nitrogen and oxygen atoms in total. The van der Waals surface area contributed by atoms with Crippen molar-refractivity contribution in [1.29, 1.82) is 0 Å². The van der Waals surface area contributed by atoms with Crippen LogP contribution in [0.3, 0.4) is 0 Å². The van der Waals surface area contributed by atoms with Crippen LogP contribution < -0.4 is 16.4 Å². The maximum absolute atomic E-state index is 10.5. The first kappa shape index (κ1) is 13.2. The third-order valence-electron chi connectivity index (χ3n) is 2.23. The van der Waals surface area contributed by atoms with E-state index >= 15 is 0 Å². The highest BCUT2D eigenvalue weighted by Gasteiger charge is 2.00. The molecule has 0 aliphatic carbocycles. The zero-order chi connectivity index (χ0) is 12.7. The van der Waals surface area contributed by atoms with Crippen LogP contribution in [-0.2, 0) is 4.79 Å². The number of unbranched alkanes of at least 4 members (excludes halogenated alkanes) is 1. The molecule has 1 heterocycles. The largest absolute Gasteiger partial charge is 0.370 e. The molecule has 0 unspecified atom stereocenters. The van der Waals surface area contributed by atoms with Crippen LogP contribution in [0.1, 0.15) is 25.0 Å². The Morgan fingerprint density at radius 1 is 1.41 bits per heavy atom. The number of carbonyl (C=O) groups excluding carboxylic acids is 1. The molecule has 94 valence electrons. The maximum Gasteiger partial charge on any atom is 0.224 e. The predicted molar refractivity (Wildman–Crippen MR) is 67.9 cm³/mol. The van der Waals surface area contributed by atoms with Crippen LogP contribution in [0.4, 0.5) is 11.8 Å². The van der Waals surface area contributed by atoms with E-state index in [1.807, 2.05) is 13.0 Å². The summed E-state index contributed by atoms with van der Waals surface area (Å²) >= 11 is 0. The van der Waals surface area contributed by atoms with Gasteiger partial charge in [-0.25, -0.2) is 4.98 Å². The zero-order valence-corrected chi connectivity index (χ0v) is 10.3. The molecule has 0 fully saturated rings. The number of anilines is 2. The molecular formula is C11H19N5O. The molecular weight excluding hydrogens is 218 g/mol. The molecule has 0 aliphatic heterocycles. The molecule has 1 aromatic heterocycles. The zero-order valence-electron chi connectivity index (χ0n) is 10.3. The minimum Gasteiger partial charge on any atom is -0.370 e. The predicted octanol–water partition coefficient (Wildman–Crippen LogP) is 0.894. The van der Waals surface area contributed by atoms with Crippen LogP contribution in [0, 0.1) is 6.92 Å². The van der Waals surface area contributed by atoms with Gasteiger partial charge in [-0.05, 0) is 19.8 Å². The van der Waals surface area contributed by atoms with Gasteiger partial charge in [-0.2, -0.15) is 4.98 Å². The van der Waals surface area contributed by atoms with Crippen molar-refractivity contribution in [2.24, 2.45) is 5.73 Å². The van der Waals surface area contributed by atoms with Crippen molar-refractivity contribution in [1.82, 2.24) is 9.97 Å². The standard InChI is InChI=1S/C11H19N5O/c1-8-7-10(16-11(13-2)15-8)14-6-4-3-5-9(12)17/h7H,3-6H2,1-2H3,(H2,12,17)(H2,13,14,15,16). The Kier molecular flexibility index (Phi) is 5.19. The van der Waals surface area contributed by atoms with E-state index < -0.39 is 0 Å². The highest BCUT2D eigenvalue weighted by atomic mass is 16.1. The number of hydrogen-bond donors (Lipinski definition) is 3. The van der Waals surface area contributed by atoms with Gasteiger partial charge in [0.1, 0.15) is 5.82 Å². The average Bonchev–Trinajstić information content (AvgIpc) is 2.27. The number of nitrogens with two attached hydrogens (primary N) is 1. The van der Waals surface area contributed by atoms with Crippen molar-refractivity contribution in [2.75, 3.05) is 24.2 Å². The summed E-state index contributed by atoms with van der Waals surface area (Å²) in [5.74, 6) is 1.14. The summed E-state index contributed by atoms with van der Waals surface area (Å²) in [4.78, 5) is 19.0. The molecule has 17 heavy (non-hydrogen) atoms. The molecule has 0 aliphatic rings. The second-order valence-corrected chi connectivity index (χ2v) is 3.82. The lowest BCUT2D eigenvalue weighted by Crippen LogP contribution is -2.11. The number of amides is 1. The van der Waals surface area contributed by atoms with Crippen LogP contribution >= 0.6 is 0 Å². The van der Waals surface area contributed by atoms with Crippen molar-refractivity contribution in [3.8, 4) is 0 Å². The monoisotopic (exact) mass is 237 g/mol. The molecule has 6 heteroatoms. The number of rotatable bonds is 7. The van der Waals surface area contributed by atoms with Crippen LogP contribution in [0.2, 0.25) is 0 Å². The van der Waals surface area contributed by atoms with Crippen molar-refractivity contribution in [3.05, 3.63) is 11.8 Å². The average molecular weight is 237 g/mol. The van der Waals surface area contributed by atoms with Gasteiger partial charge in [-0.15, -0.1) is 0 Å². The smallest absolute Gasteiger partial charge is 0.224 e. The molecule has 0 bridgehead atoms. The van der Waals surface area contributed by atoms with Gasteiger partial charge in [0.25, 0.3) is 0 Å². The Labute approximate surface area is 101 Å². The molecule has 1 aromatic rings. The summed E-state index contributed by atoms with van der Waals surface area (Å²) in [7, 11) is 1.78. The van der Waals surface area contributed by atoms with Crippen molar-refractivity contribution >= 4 is 17.7 Å². The van der Waals surface area contributed by atoms with Gasteiger partial charge in [0.05, 0.1) is 0 Å². The van der Waals surface area contributed by atoms with Gasteiger partial charge < -0.3 is 16.4 Å². The number of hydrogen-bond acceptors (Lipinski definition) is 5. The van der Waals surface area contributed by atoms with Crippen LogP contribution in [-0.4, -0.2) is 29.5 Å². The van der Waals surface area contributed by atoms with Crippen LogP contribution in [0.25, 0.3) is 0 Å². The van der Waals surface area contributed by atoms with E-state index in [0.29, 0.717) is 12.4 Å². The first-order valence-corrected chi connectivity index (χ1v) is 5.67. The number of carbonyl (C=O) groups is 1. The Morgan fingerprint density at radius 3 is 2.82 bits per heavy atom. The van der Waals surface area contributed by atoms with Crippen molar-refractivity contribution < 1.29 is 4.79 Å². The van der Waals surface area contributed by atoms with E-state index in [2.05, 4.69) is 20.6 Å². The fraction of sp³-hybridized carbons (Fsp3) is 0.545. The van der Waals surface area contributed by atoms with E-state index in [1.165, 1.54) is 0 Å². The quantitative estimate of drug-likeness (QED) is 0.612.